The maximum atomic E-state index is 12.0. The van der Waals surface area contributed by atoms with Crippen LogP contribution in [-0.4, -0.2) is 35.2 Å². The van der Waals surface area contributed by atoms with E-state index in [-0.39, 0.29) is 11.9 Å². The number of nitrogens with one attached hydrogen (secondary N) is 1. The van der Waals surface area contributed by atoms with Gasteiger partial charge in [0, 0.05) is 19.7 Å². The van der Waals surface area contributed by atoms with Gasteiger partial charge in [0.15, 0.2) is 0 Å². The number of carbonyl (C=O) groups excluding carboxylic acids is 1. The number of anilines is 3. The van der Waals surface area contributed by atoms with Crippen LogP contribution < -0.4 is 16.0 Å². The summed E-state index contributed by atoms with van der Waals surface area (Å²) in [5.74, 6) is -0.173. The van der Waals surface area contributed by atoms with Crippen LogP contribution in [0.5, 0.6) is 0 Å². The summed E-state index contributed by atoms with van der Waals surface area (Å²) in [6.07, 6.45) is 2.88. The van der Waals surface area contributed by atoms with Crippen molar-refractivity contribution in [1.82, 2.24) is 15.2 Å². The minimum atomic E-state index is -0.329. The van der Waals surface area contributed by atoms with Crippen molar-refractivity contribution >= 4 is 23.2 Å². The van der Waals surface area contributed by atoms with E-state index in [0.29, 0.717) is 11.3 Å². The van der Waals surface area contributed by atoms with Crippen LogP contribution in [-0.2, 0) is 0 Å². The lowest BCUT2D eigenvalue weighted by atomic mass is 10.1. The quantitative estimate of drug-likeness (QED) is 0.789. The van der Waals surface area contributed by atoms with Gasteiger partial charge in [-0.15, -0.1) is 5.10 Å². The second kappa shape index (κ2) is 5.30. The monoisotopic (exact) mass is 258 g/mol. The standard InChI is InChI=1S/C12H14N6O/c1-18(2)10-4-3-8(7-9(10)13)11(19)16-12-14-5-6-15-17-12/h3-7H,13H2,1-2H3,(H,14,16,17,19). The van der Waals surface area contributed by atoms with Gasteiger partial charge in [0.05, 0.1) is 23.8 Å². The van der Waals surface area contributed by atoms with Gasteiger partial charge in [-0.1, -0.05) is 0 Å². The van der Waals surface area contributed by atoms with Crippen LogP contribution in [0.25, 0.3) is 0 Å². The summed E-state index contributed by atoms with van der Waals surface area (Å²) >= 11 is 0. The third-order valence-electron chi connectivity index (χ3n) is 2.48. The van der Waals surface area contributed by atoms with Crippen molar-refractivity contribution in [2.45, 2.75) is 0 Å². The highest BCUT2D eigenvalue weighted by molar-refractivity contribution is 6.04. The van der Waals surface area contributed by atoms with Gasteiger partial charge in [-0.05, 0) is 18.2 Å². The summed E-state index contributed by atoms with van der Waals surface area (Å²) in [7, 11) is 3.77. The number of rotatable bonds is 3. The number of nitrogens with zero attached hydrogens (tertiary/aromatic N) is 4. The smallest absolute Gasteiger partial charge is 0.258 e. The summed E-state index contributed by atoms with van der Waals surface area (Å²) in [6, 6.07) is 5.09. The lowest BCUT2D eigenvalue weighted by Gasteiger charge is -2.15. The molecule has 0 aliphatic heterocycles. The van der Waals surface area contributed by atoms with Crippen LogP contribution in [0.2, 0.25) is 0 Å². The molecule has 0 atom stereocenters. The Morgan fingerprint density at radius 2 is 2.11 bits per heavy atom. The van der Waals surface area contributed by atoms with Crippen molar-refractivity contribution in [2.75, 3.05) is 30.0 Å². The van der Waals surface area contributed by atoms with Gasteiger partial charge in [0.2, 0.25) is 5.95 Å². The van der Waals surface area contributed by atoms with E-state index in [9.17, 15) is 4.79 Å². The molecule has 1 aromatic carbocycles. The highest BCUT2D eigenvalue weighted by Gasteiger charge is 2.10. The van der Waals surface area contributed by atoms with E-state index in [1.54, 1.807) is 18.2 Å². The van der Waals surface area contributed by atoms with E-state index in [0.717, 1.165) is 5.69 Å². The summed E-state index contributed by atoms with van der Waals surface area (Å²) in [5.41, 5.74) is 7.72. The predicted molar refractivity (Wildman–Crippen MR) is 73.0 cm³/mol. The van der Waals surface area contributed by atoms with Crippen molar-refractivity contribution in [3.63, 3.8) is 0 Å². The maximum absolute atomic E-state index is 12.0. The molecular weight excluding hydrogens is 244 g/mol. The Balaban J connectivity index is 2.18. The van der Waals surface area contributed by atoms with Gasteiger partial charge < -0.3 is 10.6 Å². The Kier molecular flexibility index (Phi) is 3.56. The minimum Gasteiger partial charge on any atom is -0.397 e. The number of benzene rings is 1. The number of nitrogens with two attached hydrogens (primary N) is 1. The lowest BCUT2D eigenvalue weighted by molar-refractivity contribution is 0.102. The molecule has 2 aromatic rings. The van der Waals surface area contributed by atoms with Crippen molar-refractivity contribution in [1.29, 1.82) is 0 Å². The number of carbonyl (C=O) groups is 1. The average Bonchev–Trinajstić information content (AvgIpc) is 2.39. The molecule has 7 heteroatoms. The molecule has 3 N–H and O–H groups in total. The van der Waals surface area contributed by atoms with Crippen molar-refractivity contribution in [3.05, 3.63) is 36.2 Å². The van der Waals surface area contributed by atoms with Crippen LogP contribution >= 0.6 is 0 Å². The lowest BCUT2D eigenvalue weighted by Crippen LogP contribution is -2.16. The second-order valence-electron chi connectivity index (χ2n) is 4.09. The summed E-state index contributed by atoms with van der Waals surface area (Å²) in [5, 5.41) is 9.85. The molecule has 0 radical (unpaired) electrons. The Hall–Kier alpha value is -2.70. The van der Waals surface area contributed by atoms with Gasteiger partial charge in [0.25, 0.3) is 5.91 Å². The number of amides is 1. The minimum absolute atomic E-state index is 0.155. The van der Waals surface area contributed by atoms with Gasteiger partial charge in [-0.3, -0.25) is 10.1 Å². The summed E-state index contributed by atoms with van der Waals surface area (Å²) in [6.45, 7) is 0. The van der Waals surface area contributed by atoms with Gasteiger partial charge >= 0.3 is 0 Å². The highest BCUT2D eigenvalue weighted by atomic mass is 16.1. The molecule has 0 aliphatic rings. The third-order valence-corrected chi connectivity index (χ3v) is 2.48. The zero-order valence-corrected chi connectivity index (χ0v) is 10.7. The van der Waals surface area contributed by atoms with Crippen LogP contribution in [0.3, 0.4) is 0 Å². The fraction of sp³-hybridized carbons (Fsp3) is 0.167. The van der Waals surface area contributed by atoms with Crippen molar-refractivity contribution < 1.29 is 4.79 Å². The van der Waals surface area contributed by atoms with Crippen molar-refractivity contribution in [2.24, 2.45) is 0 Å². The number of aromatic nitrogens is 3. The molecule has 0 fully saturated rings. The molecule has 19 heavy (non-hydrogen) atoms. The topological polar surface area (TPSA) is 97.0 Å². The van der Waals surface area contributed by atoms with E-state index < -0.39 is 0 Å². The van der Waals surface area contributed by atoms with Gasteiger partial charge in [0.1, 0.15) is 0 Å². The molecular formula is C12H14N6O. The highest BCUT2D eigenvalue weighted by Crippen LogP contribution is 2.22. The van der Waals surface area contributed by atoms with Crippen molar-refractivity contribution in [3.8, 4) is 0 Å². The van der Waals surface area contributed by atoms with E-state index in [1.165, 1.54) is 12.4 Å². The first-order chi connectivity index (χ1) is 9.08. The predicted octanol–water partition coefficient (Wildman–Crippen LogP) is 0.772. The van der Waals surface area contributed by atoms with Gasteiger partial charge in [-0.2, -0.15) is 5.10 Å². The molecule has 0 aliphatic carbocycles. The molecule has 1 aromatic heterocycles. The van der Waals surface area contributed by atoms with Crippen LogP contribution in [0.15, 0.2) is 30.6 Å². The molecule has 0 bridgehead atoms. The maximum Gasteiger partial charge on any atom is 0.258 e. The van der Waals surface area contributed by atoms with E-state index in [1.807, 2.05) is 19.0 Å². The molecule has 7 nitrogen and oxygen atoms in total. The first-order valence-electron chi connectivity index (χ1n) is 5.60. The average molecular weight is 258 g/mol. The Bertz CT molecular complexity index is 584. The fourth-order valence-corrected chi connectivity index (χ4v) is 1.58. The number of nitrogen functional groups attached to an aromatic ring is 1. The van der Waals surface area contributed by atoms with Crippen LogP contribution in [0.1, 0.15) is 10.4 Å². The molecule has 98 valence electrons. The molecule has 0 unspecified atom stereocenters. The molecule has 0 saturated carbocycles. The number of hydrogen-bond acceptors (Lipinski definition) is 6. The summed E-state index contributed by atoms with van der Waals surface area (Å²) in [4.78, 5) is 17.7. The fourth-order valence-electron chi connectivity index (χ4n) is 1.58. The first kappa shape index (κ1) is 12.7. The zero-order chi connectivity index (χ0) is 13.8. The number of hydrogen-bond donors (Lipinski definition) is 2. The normalized spacial score (nSPS) is 10.0. The Morgan fingerprint density at radius 1 is 1.32 bits per heavy atom. The zero-order valence-electron chi connectivity index (χ0n) is 10.7. The molecule has 2 rings (SSSR count). The molecule has 1 heterocycles. The third kappa shape index (κ3) is 2.95. The molecule has 0 spiro atoms. The van der Waals surface area contributed by atoms with Crippen LogP contribution in [0, 0.1) is 0 Å². The second-order valence-corrected chi connectivity index (χ2v) is 4.09. The summed E-state index contributed by atoms with van der Waals surface area (Å²) < 4.78 is 0. The Morgan fingerprint density at radius 3 is 2.68 bits per heavy atom. The first-order valence-corrected chi connectivity index (χ1v) is 5.60. The largest absolute Gasteiger partial charge is 0.397 e. The van der Waals surface area contributed by atoms with E-state index in [4.69, 9.17) is 5.73 Å². The Labute approximate surface area is 110 Å². The molecule has 0 saturated heterocycles. The van der Waals surface area contributed by atoms with Gasteiger partial charge in [-0.25, -0.2) is 4.98 Å². The SMILES string of the molecule is CN(C)c1ccc(C(=O)Nc2nccnn2)cc1N. The molecule has 1 amide bonds. The van der Waals surface area contributed by atoms with E-state index >= 15 is 0 Å². The van der Waals surface area contributed by atoms with Crippen LogP contribution in [0.4, 0.5) is 17.3 Å². The van der Waals surface area contributed by atoms with E-state index in [2.05, 4.69) is 20.5 Å².